The third-order valence-corrected chi connectivity index (χ3v) is 4.40. The van der Waals surface area contributed by atoms with Gasteiger partial charge in [-0.15, -0.1) is 0 Å². The first kappa shape index (κ1) is 15.8. The SMILES string of the molecule is COC(=O)CN(C(C)C)C1CCc2ccc(N)cc2CC1. The zero-order chi connectivity index (χ0) is 15.4. The van der Waals surface area contributed by atoms with E-state index < -0.39 is 0 Å². The van der Waals surface area contributed by atoms with Crippen LogP contribution in [0, 0.1) is 0 Å². The molecule has 0 aromatic heterocycles. The monoisotopic (exact) mass is 290 g/mol. The second-order valence-electron chi connectivity index (χ2n) is 6.10. The second-order valence-corrected chi connectivity index (χ2v) is 6.10. The van der Waals surface area contributed by atoms with Crippen LogP contribution in [-0.2, 0) is 22.4 Å². The number of carbonyl (C=O) groups is 1. The maximum atomic E-state index is 11.6. The number of hydrogen-bond donors (Lipinski definition) is 1. The van der Waals surface area contributed by atoms with E-state index in [4.69, 9.17) is 10.5 Å². The van der Waals surface area contributed by atoms with Crippen molar-refractivity contribution in [1.29, 1.82) is 0 Å². The number of aryl methyl sites for hydroxylation is 2. The van der Waals surface area contributed by atoms with Gasteiger partial charge in [0.05, 0.1) is 13.7 Å². The fraction of sp³-hybridized carbons (Fsp3) is 0.588. The van der Waals surface area contributed by atoms with Crippen LogP contribution in [0.3, 0.4) is 0 Å². The molecule has 1 unspecified atom stereocenters. The minimum Gasteiger partial charge on any atom is -0.468 e. The van der Waals surface area contributed by atoms with E-state index in [1.165, 1.54) is 18.2 Å². The molecule has 1 aromatic rings. The van der Waals surface area contributed by atoms with Crippen LogP contribution >= 0.6 is 0 Å². The number of ether oxygens (including phenoxy) is 1. The normalized spacial score (nSPS) is 18.4. The molecule has 0 fully saturated rings. The number of nitrogens with two attached hydrogens (primary N) is 1. The van der Waals surface area contributed by atoms with E-state index in [1.54, 1.807) is 0 Å². The van der Waals surface area contributed by atoms with Crippen molar-refractivity contribution in [3.8, 4) is 0 Å². The topological polar surface area (TPSA) is 55.6 Å². The Morgan fingerprint density at radius 1 is 1.33 bits per heavy atom. The van der Waals surface area contributed by atoms with Crippen molar-refractivity contribution < 1.29 is 9.53 Å². The lowest BCUT2D eigenvalue weighted by atomic mass is 10.0. The van der Waals surface area contributed by atoms with Crippen LogP contribution in [0.4, 0.5) is 5.69 Å². The predicted octanol–water partition coefficient (Wildman–Crippen LogP) is 2.40. The number of esters is 1. The molecule has 1 aromatic carbocycles. The summed E-state index contributed by atoms with van der Waals surface area (Å²) >= 11 is 0. The number of nitrogen functional groups attached to an aromatic ring is 1. The minimum atomic E-state index is -0.158. The van der Waals surface area contributed by atoms with Crippen molar-refractivity contribution in [3.63, 3.8) is 0 Å². The Morgan fingerprint density at radius 2 is 2.00 bits per heavy atom. The number of hydrogen-bond acceptors (Lipinski definition) is 4. The van der Waals surface area contributed by atoms with E-state index >= 15 is 0 Å². The lowest BCUT2D eigenvalue weighted by Gasteiger charge is -2.33. The largest absolute Gasteiger partial charge is 0.468 e. The van der Waals surface area contributed by atoms with Crippen molar-refractivity contribution in [1.82, 2.24) is 4.90 Å². The van der Waals surface area contributed by atoms with Crippen molar-refractivity contribution in [3.05, 3.63) is 29.3 Å². The first-order chi connectivity index (χ1) is 10.0. The molecule has 1 atom stereocenters. The summed E-state index contributed by atoms with van der Waals surface area (Å²) in [6.07, 6.45) is 4.21. The predicted molar refractivity (Wildman–Crippen MR) is 85.1 cm³/mol. The first-order valence-electron chi connectivity index (χ1n) is 7.71. The van der Waals surface area contributed by atoms with E-state index in [0.29, 0.717) is 18.6 Å². The van der Waals surface area contributed by atoms with Crippen LogP contribution < -0.4 is 5.73 Å². The number of rotatable bonds is 4. The summed E-state index contributed by atoms with van der Waals surface area (Å²) < 4.78 is 4.83. The molecule has 1 aliphatic carbocycles. The van der Waals surface area contributed by atoms with Gasteiger partial charge in [-0.25, -0.2) is 0 Å². The molecule has 4 nitrogen and oxygen atoms in total. The number of fused-ring (bicyclic) bond motifs is 1. The van der Waals surface area contributed by atoms with Gasteiger partial charge >= 0.3 is 5.97 Å². The van der Waals surface area contributed by atoms with Gasteiger partial charge in [-0.2, -0.15) is 0 Å². The third-order valence-electron chi connectivity index (χ3n) is 4.40. The number of methoxy groups -OCH3 is 1. The standard InChI is InChI=1S/C17H26N2O2/c1-12(2)19(11-17(20)21-3)16-8-5-13-4-7-15(18)10-14(13)6-9-16/h4,7,10,12,16H,5-6,8-9,11,18H2,1-3H3. The van der Waals surface area contributed by atoms with Crippen LogP contribution in [0.25, 0.3) is 0 Å². The molecule has 0 saturated carbocycles. The van der Waals surface area contributed by atoms with E-state index in [0.717, 1.165) is 31.4 Å². The quantitative estimate of drug-likeness (QED) is 0.525. The van der Waals surface area contributed by atoms with Gasteiger partial charge in [0.2, 0.25) is 0 Å². The van der Waals surface area contributed by atoms with Gasteiger partial charge in [0.1, 0.15) is 0 Å². The summed E-state index contributed by atoms with van der Waals surface area (Å²) in [7, 11) is 1.45. The smallest absolute Gasteiger partial charge is 0.319 e. The van der Waals surface area contributed by atoms with Gasteiger partial charge in [-0.3, -0.25) is 9.69 Å². The molecule has 4 heteroatoms. The molecule has 0 bridgehead atoms. The highest BCUT2D eigenvalue weighted by atomic mass is 16.5. The summed E-state index contributed by atoms with van der Waals surface area (Å²) in [5.74, 6) is -0.158. The third kappa shape index (κ3) is 3.97. The highest BCUT2D eigenvalue weighted by Crippen LogP contribution is 2.26. The Labute approximate surface area is 127 Å². The van der Waals surface area contributed by atoms with E-state index in [2.05, 4.69) is 30.9 Å². The van der Waals surface area contributed by atoms with Gasteiger partial charge in [-0.05, 0) is 62.8 Å². The molecule has 116 valence electrons. The zero-order valence-electron chi connectivity index (χ0n) is 13.3. The summed E-state index contributed by atoms with van der Waals surface area (Å²) in [5.41, 5.74) is 9.48. The van der Waals surface area contributed by atoms with Gasteiger partial charge < -0.3 is 10.5 Å². The van der Waals surface area contributed by atoms with Crippen molar-refractivity contribution in [2.24, 2.45) is 0 Å². The van der Waals surface area contributed by atoms with Crippen molar-refractivity contribution in [2.75, 3.05) is 19.4 Å². The molecule has 0 saturated heterocycles. The fourth-order valence-electron chi connectivity index (χ4n) is 3.19. The van der Waals surface area contributed by atoms with Crippen LogP contribution in [0.2, 0.25) is 0 Å². The molecule has 0 heterocycles. The molecular formula is C17H26N2O2. The lowest BCUT2D eigenvalue weighted by Crippen LogP contribution is -2.44. The molecule has 2 rings (SSSR count). The summed E-state index contributed by atoms with van der Waals surface area (Å²) in [4.78, 5) is 13.9. The summed E-state index contributed by atoms with van der Waals surface area (Å²) in [5, 5.41) is 0. The van der Waals surface area contributed by atoms with Gasteiger partial charge in [-0.1, -0.05) is 6.07 Å². The van der Waals surface area contributed by atoms with Crippen LogP contribution in [0.15, 0.2) is 18.2 Å². The number of carbonyl (C=O) groups excluding carboxylic acids is 1. The summed E-state index contributed by atoms with van der Waals surface area (Å²) in [6.45, 7) is 4.65. The Kier molecular flexibility index (Phi) is 5.23. The van der Waals surface area contributed by atoms with Crippen molar-refractivity contribution >= 4 is 11.7 Å². The average Bonchev–Trinajstić information content (AvgIpc) is 2.66. The molecule has 2 N–H and O–H groups in total. The molecule has 0 amide bonds. The number of anilines is 1. The highest BCUT2D eigenvalue weighted by Gasteiger charge is 2.26. The molecule has 0 aliphatic heterocycles. The number of benzene rings is 1. The van der Waals surface area contributed by atoms with Gasteiger partial charge in [0.25, 0.3) is 0 Å². The maximum absolute atomic E-state index is 11.6. The maximum Gasteiger partial charge on any atom is 0.319 e. The lowest BCUT2D eigenvalue weighted by molar-refractivity contribution is -0.143. The van der Waals surface area contributed by atoms with Crippen LogP contribution in [0.1, 0.15) is 37.8 Å². The molecule has 21 heavy (non-hydrogen) atoms. The first-order valence-corrected chi connectivity index (χ1v) is 7.71. The van der Waals surface area contributed by atoms with Crippen molar-refractivity contribution in [2.45, 2.75) is 51.6 Å². The average molecular weight is 290 g/mol. The second kappa shape index (κ2) is 6.94. The van der Waals surface area contributed by atoms with E-state index in [9.17, 15) is 4.79 Å². The molecular weight excluding hydrogens is 264 g/mol. The van der Waals surface area contributed by atoms with E-state index in [-0.39, 0.29) is 5.97 Å². The molecule has 1 aliphatic rings. The zero-order valence-corrected chi connectivity index (χ0v) is 13.3. The Balaban J connectivity index is 2.10. The van der Waals surface area contributed by atoms with Crippen LogP contribution in [-0.4, -0.2) is 36.6 Å². The Morgan fingerprint density at radius 3 is 2.62 bits per heavy atom. The highest BCUT2D eigenvalue weighted by molar-refractivity contribution is 5.71. The van der Waals surface area contributed by atoms with E-state index in [1.807, 2.05) is 6.07 Å². The van der Waals surface area contributed by atoms with Gasteiger partial charge in [0, 0.05) is 17.8 Å². The molecule has 0 spiro atoms. The fourth-order valence-corrected chi connectivity index (χ4v) is 3.19. The van der Waals surface area contributed by atoms with Gasteiger partial charge in [0.15, 0.2) is 0 Å². The minimum absolute atomic E-state index is 0.158. The molecule has 0 radical (unpaired) electrons. The summed E-state index contributed by atoms with van der Waals surface area (Å²) in [6, 6.07) is 6.97. The Bertz CT molecular complexity index is 500. The Hall–Kier alpha value is -1.55. The number of nitrogens with zero attached hydrogens (tertiary/aromatic N) is 1. The van der Waals surface area contributed by atoms with Crippen LogP contribution in [0.5, 0.6) is 0 Å².